The van der Waals surface area contributed by atoms with Crippen molar-refractivity contribution in [3.63, 3.8) is 0 Å². The Morgan fingerprint density at radius 1 is 1.32 bits per heavy atom. The number of carbonyl (C=O) groups is 1. The fraction of sp³-hybridized carbons (Fsp3) is 0.591. The zero-order chi connectivity index (χ0) is 26.2. The monoisotopic (exact) mass is 533 g/mol. The number of carbonyl (C=O) groups excluding carboxylic acids is 1. The molecule has 0 bridgehead atoms. The highest BCUT2D eigenvalue weighted by molar-refractivity contribution is 7.23. The summed E-state index contributed by atoms with van der Waals surface area (Å²) in [7, 11) is -0.101. The van der Waals surface area contributed by atoms with E-state index in [0.717, 1.165) is 31.4 Å². The average Bonchev–Trinajstić information content (AvgIpc) is 3.62. The van der Waals surface area contributed by atoms with Crippen molar-refractivity contribution >= 4 is 31.5 Å². The fourth-order valence-electron chi connectivity index (χ4n) is 4.22. The van der Waals surface area contributed by atoms with Crippen molar-refractivity contribution in [3.8, 4) is 0 Å². The van der Waals surface area contributed by atoms with E-state index in [1.165, 1.54) is 6.33 Å². The predicted octanol–water partition coefficient (Wildman–Crippen LogP) is 0.441. The number of fused-ring (bicyclic) bond motifs is 1. The van der Waals surface area contributed by atoms with Crippen LogP contribution in [0.25, 0.3) is 11.2 Å². The molecule has 14 nitrogen and oxygen atoms in total. The van der Waals surface area contributed by atoms with Crippen LogP contribution in [-0.2, 0) is 20.5 Å². The quantitative estimate of drug-likeness (QED) is 0.124. The highest BCUT2D eigenvalue weighted by Crippen LogP contribution is 2.31. The van der Waals surface area contributed by atoms with Crippen molar-refractivity contribution in [2.75, 3.05) is 24.6 Å². The second-order valence-corrected chi connectivity index (χ2v) is 9.63. The minimum absolute atomic E-state index is 0.101. The van der Waals surface area contributed by atoms with Crippen molar-refractivity contribution in [2.24, 2.45) is 5.73 Å². The number of aromatic nitrogens is 6. The molecule has 0 aliphatic carbocycles. The largest absolute Gasteiger partial charge is 0.390 e. The lowest BCUT2D eigenvalue weighted by Gasteiger charge is -2.14. The number of nitrogens with two attached hydrogens (primary N) is 1. The van der Waals surface area contributed by atoms with Gasteiger partial charge in [-0.1, -0.05) is 12.8 Å². The third-order valence-corrected chi connectivity index (χ3v) is 6.74. The van der Waals surface area contributed by atoms with Gasteiger partial charge in [0, 0.05) is 37.8 Å². The van der Waals surface area contributed by atoms with Crippen LogP contribution >= 0.6 is 8.46 Å². The summed E-state index contributed by atoms with van der Waals surface area (Å²) in [6.07, 6.45) is 7.27. The highest BCUT2D eigenvalue weighted by atomic mass is 31.1. The van der Waals surface area contributed by atoms with E-state index in [-0.39, 0.29) is 31.6 Å². The molecule has 1 fully saturated rings. The van der Waals surface area contributed by atoms with Gasteiger partial charge < -0.3 is 31.2 Å². The van der Waals surface area contributed by atoms with Gasteiger partial charge in [-0.25, -0.2) is 9.97 Å². The maximum absolute atomic E-state index is 12.5. The van der Waals surface area contributed by atoms with E-state index >= 15 is 0 Å². The Hall–Kier alpha value is -3.19. The summed E-state index contributed by atoms with van der Waals surface area (Å²) >= 11 is 0. The van der Waals surface area contributed by atoms with E-state index in [9.17, 15) is 19.3 Å². The van der Waals surface area contributed by atoms with Crippen molar-refractivity contribution in [1.82, 2.24) is 34.8 Å². The van der Waals surface area contributed by atoms with Crippen LogP contribution in [0.3, 0.4) is 0 Å². The van der Waals surface area contributed by atoms with Crippen molar-refractivity contribution in [1.29, 1.82) is 0 Å². The van der Waals surface area contributed by atoms with Crippen LogP contribution in [0.2, 0.25) is 0 Å². The van der Waals surface area contributed by atoms with Gasteiger partial charge in [-0.2, -0.15) is 4.98 Å². The molecule has 1 saturated heterocycles. The number of aromatic amines is 2. The van der Waals surface area contributed by atoms with Gasteiger partial charge in [0.25, 0.3) is 5.56 Å². The molecule has 0 aromatic carbocycles. The summed E-state index contributed by atoms with van der Waals surface area (Å²) in [6.45, 7) is 1.17. The molecule has 3 aromatic rings. The number of hydrogen-bond donors (Lipinski definition) is 6. The minimum atomic E-state index is -0.754. The molecule has 200 valence electrons. The normalized spacial score (nSPS) is 20.4. The maximum atomic E-state index is 12.5. The summed E-state index contributed by atoms with van der Waals surface area (Å²) in [6, 6.07) is -0.614. The zero-order valence-electron chi connectivity index (χ0n) is 20.3. The second kappa shape index (κ2) is 12.9. The van der Waals surface area contributed by atoms with E-state index in [1.54, 1.807) is 17.1 Å². The number of hydrogen-bond acceptors (Lipinski definition) is 10. The first-order chi connectivity index (χ1) is 18.0. The SMILES string of the molecule is NC(Cc1cnc[nH]1)C(=O)NCCCCCCNc1nc2c(ncn2C2CC(O)C(CP=O)O2)c(=O)[nH]1. The third kappa shape index (κ3) is 6.98. The molecule has 15 heteroatoms. The second-order valence-electron chi connectivity index (χ2n) is 9.00. The van der Waals surface area contributed by atoms with Crippen LogP contribution in [0.5, 0.6) is 0 Å². The zero-order valence-corrected chi connectivity index (χ0v) is 21.2. The number of ether oxygens (including phenoxy) is 1. The molecule has 4 atom stereocenters. The molecule has 37 heavy (non-hydrogen) atoms. The Labute approximate surface area is 214 Å². The van der Waals surface area contributed by atoms with E-state index in [0.29, 0.717) is 37.5 Å². The highest BCUT2D eigenvalue weighted by Gasteiger charge is 2.35. The number of imidazole rings is 2. The number of rotatable bonds is 14. The molecule has 1 aliphatic heterocycles. The van der Waals surface area contributed by atoms with Crippen LogP contribution in [0.1, 0.15) is 44.0 Å². The Bertz CT molecular complexity index is 1230. The molecule has 0 radical (unpaired) electrons. The molecule has 0 spiro atoms. The van der Waals surface area contributed by atoms with Gasteiger partial charge in [0.15, 0.2) is 19.6 Å². The lowest BCUT2D eigenvalue weighted by molar-refractivity contribution is -0.122. The number of anilines is 1. The standard InChI is InChI=1S/C22H32N9O5P/c23-14(7-13-9-24-11-27-13)20(33)25-5-3-1-2-4-6-26-22-29-19-18(21(34)30-22)28-12-31(19)17-8-15(32)16(36-17)10-37-35/h9,11-12,14-17,32H,1-8,10,23H2,(H,24,27)(H,25,33)(H2,26,29,30,34). The lowest BCUT2D eigenvalue weighted by Crippen LogP contribution is -2.42. The predicted molar refractivity (Wildman–Crippen MR) is 135 cm³/mol. The first-order valence-corrected chi connectivity index (χ1v) is 13.3. The van der Waals surface area contributed by atoms with E-state index in [2.05, 4.69) is 35.6 Å². The van der Waals surface area contributed by atoms with Gasteiger partial charge >= 0.3 is 0 Å². The van der Waals surface area contributed by atoms with Gasteiger partial charge in [-0.05, 0) is 12.8 Å². The molecule has 4 heterocycles. The van der Waals surface area contributed by atoms with Gasteiger partial charge in [0.05, 0.1) is 37.1 Å². The van der Waals surface area contributed by atoms with Gasteiger partial charge in [-0.3, -0.25) is 23.7 Å². The van der Waals surface area contributed by atoms with Crippen molar-refractivity contribution in [3.05, 3.63) is 34.9 Å². The minimum Gasteiger partial charge on any atom is -0.390 e. The average molecular weight is 534 g/mol. The summed E-state index contributed by atoms with van der Waals surface area (Å²) in [5.41, 5.74) is 6.90. The fourth-order valence-corrected chi connectivity index (χ4v) is 4.70. The number of unbranched alkanes of at least 4 members (excludes halogenated alkanes) is 3. The molecule has 7 N–H and O–H groups in total. The number of amides is 1. The van der Waals surface area contributed by atoms with Gasteiger partial charge in [-0.15, -0.1) is 0 Å². The summed E-state index contributed by atoms with van der Waals surface area (Å²) in [5, 5.41) is 16.2. The van der Waals surface area contributed by atoms with Crippen molar-refractivity contribution < 1.29 is 19.2 Å². The number of nitrogens with zero attached hydrogens (tertiary/aromatic N) is 4. The molecule has 0 saturated carbocycles. The molecule has 4 unspecified atom stereocenters. The van der Waals surface area contributed by atoms with Crippen LogP contribution in [0.4, 0.5) is 5.95 Å². The topological polar surface area (TPSA) is 206 Å². The Morgan fingerprint density at radius 2 is 2.14 bits per heavy atom. The Kier molecular flexibility index (Phi) is 9.34. The number of nitrogens with one attached hydrogen (secondary N) is 4. The molecular weight excluding hydrogens is 501 g/mol. The van der Waals surface area contributed by atoms with Gasteiger partial charge in [0.1, 0.15) is 6.23 Å². The first kappa shape index (κ1) is 26.9. The number of aliphatic hydroxyl groups is 1. The molecule has 4 rings (SSSR count). The molecule has 3 aromatic heterocycles. The van der Waals surface area contributed by atoms with Crippen molar-refractivity contribution in [2.45, 2.75) is 63.0 Å². The molecular formula is C22H32N9O5P. The van der Waals surface area contributed by atoms with Gasteiger partial charge in [0.2, 0.25) is 11.9 Å². The van der Waals surface area contributed by atoms with Crippen LogP contribution in [0.15, 0.2) is 23.6 Å². The Balaban J connectivity index is 1.18. The maximum Gasteiger partial charge on any atom is 0.280 e. The molecule has 1 aliphatic rings. The smallest absolute Gasteiger partial charge is 0.280 e. The summed E-state index contributed by atoms with van der Waals surface area (Å²) < 4.78 is 18.3. The molecule has 1 amide bonds. The van der Waals surface area contributed by atoms with E-state index in [4.69, 9.17) is 10.5 Å². The summed E-state index contributed by atoms with van der Waals surface area (Å²) in [5.74, 6) is 0.143. The van der Waals surface area contributed by atoms with Crippen LogP contribution in [-0.4, -0.2) is 78.0 Å². The number of aliphatic hydroxyl groups excluding tert-OH is 1. The van der Waals surface area contributed by atoms with Crippen LogP contribution in [0, 0.1) is 0 Å². The summed E-state index contributed by atoms with van der Waals surface area (Å²) in [4.78, 5) is 42.7. The van der Waals surface area contributed by atoms with E-state index < -0.39 is 24.5 Å². The Morgan fingerprint density at radius 3 is 2.89 bits per heavy atom. The van der Waals surface area contributed by atoms with E-state index in [1.807, 2.05) is 0 Å². The van der Waals surface area contributed by atoms with Crippen LogP contribution < -0.4 is 21.9 Å². The first-order valence-electron chi connectivity index (χ1n) is 12.3. The third-order valence-electron chi connectivity index (χ3n) is 6.23. The lowest BCUT2D eigenvalue weighted by atomic mass is 10.1. The number of H-pyrrole nitrogens is 2.